The summed E-state index contributed by atoms with van der Waals surface area (Å²) in [6, 6.07) is 23.3. The molecule has 0 bridgehead atoms. The first kappa shape index (κ1) is 20.3. The van der Waals surface area contributed by atoms with Gasteiger partial charge in [0.25, 0.3) is 0 Å². The maximum absolute atomic E-state index is 6.25. The minimum absolute atomic E-state index is 0.259. The SMILES string of the molecule is NC(COc1ccc2ccc3cccnc3c2n1)COc1ccc2ccc3cccnc3c2n1. The van der Waals surface area contributed by atoms with Crippen LogP contribution in [0.4, 0.5) is 0 Å². The molecule has 0 aliphatic heterocycles. The van der Waals surface area contributed by atoms with Crippen LogP contribution in [-0.4, -0.2) is 39.2 Å². The molecule has 7 heteroatoms. The lowest BCUT2D eigenvalue weighted by Crippen LogP contribution is -2.34. The molecule has 0 radical (unpaired) electrons. The van der Waals surface area contributed by atoms with Crippen molar-refractivity contribution >= 4 is 43.6 Å². The molecule has 6 rings (SSSR count). The third-order valence-corrected chi connectivity index (χ3v) is 5.70. The Morgan fingerprint density at radius 2 is 0.971 bits per heavy atom. The minimum Gasteiger partial charge on any atom is -0.476 e. The lowest BCUT2D eigenvalue weighted by atomic mass is 10.1. The van der Waals surface area contributed by atoms with Gasteiger partial charge in [0, 0.05) is 46.1 Å². The Kier molecular flexibility index (Phi) is 5.08. The number of pyridine rings is 4. The molecular weight excluding hydrogens is 426 g/mol. The number of nitrogens with zero attached hydrogens (tertiary/aromatic N) is 4. The summed E-state index contributed by atoms with van der Waals surface area (Å²) in [5, 5.41) is 4.09. The summed E-state index contributed by atoms with van der Waals surface area (Å²) >= 11 is 0. The van der Waals surface area contributed by atoms with Crippen molar-refractivity contribution in [3.63, 3.8) is 0 Å². The van der Waals surface area contributed by atoms with Crippen molar-refractivity contribution in [2.24, 2.45) is 5.73 Å². The van der Waals surface area contributed by atoms with Gasteiger partial charge in [0.15, 0.2) is 0 Å². The Morgan fingerprint density at radius 1 is 0.559 bits per heavy atom. The third-order valence-electron chi connectivity index (χ3n) is 5.70. The zero-order valence-corrected chi connectivity index (χ0v) is 18.3. The monoisotopic (exact) mass is 447 g/mol. The van der Waals surface area contributed by atoms with Gasteiger partial charge in [-0.2, -0.15) is 0 Å². The zero-order valence-electron chi connectivity index (χ0n) is 18.3. The van der Waals surface area contributed by atoms with Crippen molar-refractivity contribution in [3.05, 3.63) is 85.2 Å². The van der Waals surface area contributed by atoms with E-state index in [-0.39, 0.29) is 19.3 Å². The molecule has 2 aromatic carbocycles. The Morgan fingerprint density at radius 3 is 1.44 bits per heavy atom. The summed E-state index contributed by atoms with van der Waals surface area (Å²) in [5.74, 6) is 1.00. The van der Waals surface area contributed by atoms with Gasteiger partial charge in [-0.15, -0.1) is 0 Å². The van der Waals surface area contributed by atoms with E-state index in [9.17, 15) is 0 Å². The summed E-state index contributed by atoms with van der Waals surface area (Å²) in [6.45, 7) is 0.517. The summed E-state index contributed by atoms with van der Waals surface area (Å²) < 4.78 is 11.7. The lowest BCUT2D eigenvalue weighted by molar-refractivity contribution is 0.212. The van der Waals surface area contributed by atoms with Gasteiger partial charge in [-0.1, -0.05) is 36.4 Å². The van der Waals surface area contributed by atoms with E-state index in [4.69, 9.17) is 15.2 Å². The first-order valence-electron chi connectivity index (χ1n) is 11.0. The highest BCUT2D eigenvalue weighted by atomic mass is 16.5. The van der Waals surface area contributed by atoms with Crippen molar-refractivity contribution in [1.29, 1.82) is 0 Å². The molecular formula is C27H21N5O2. The Hall–Kier alpha value is -4.36. The second kappa shape index (κ2) is 8.53. The van der Waals surface area contributed by atoms with Crippen LogP contribution in [0.5, 0.6) is 11.8 Å². The normalized spacial score (nSPS) is 11.6. The molecule has 0 atom stereocenters. The van der Waals surface area contributed by atoms with Gasteiger partial charge in [-0.05, 0) is 24.3 Å². The molecule has 7 nitrogen and oxygen atoms in total. The van der Waals surface area contributed by atoms with Crippen LogP contribution < -0.4 is 15.2 Å². The third kappa shape index (κ3) is 3.82. The van der Waals surface area contributed by atoms with Gasteiger partial charge in [0.05, 0.1) is 17.1 Å². The highest BCUT2D eigenvalue weighted by Crippen LogP contribution is 2.25. The summed E-state index contributed by atoms with van der Waals surface area (Å²) in [6.07, 6.45) is 3.54. The van der Waals surface area contributed by atoms with E-state index in [0.717, 1.165) is 43.6 Å². The van der Waals surface area contributed by atoms with Crippen LogP contribution in [0, 0.1) is 0 Å². The first-order valence-corrected chi connectivity index (χ1v) is 11.0. The van der Waals surface area contributed by atoms with Crippen molar-refractivity contribution in [2.75, 3.05) is 13.2 Å². The number of aromatic nitrogens is 4. The van der Waals surface area contributed by atoms with Crippen LogP contribution in [0.1, 0.15) is 0 Å². The maximum atomic E-state index is 6.25. The molecule has 0 spiro atoms. The predicted molar refractivity (Wildman–Crippen MR) is 133 cm³/mol. The fourth-order valence-corrected chi connectivity index (χ4v) is 4.01. The molecule has 0 aliphatic rings. The summed E-state index contributed by atoms with van der Waals surface area (Å²) in [7, 11) is 0. The zero-order chi connectivity index (χ0) is 22.9. The number of benzene rings is 2. The van der Waals surface area contributed by atoms with Gasteiger partial charge in [-0.3, -0.25) is 9.97 Å². The maximum Gasteiger partial charge on any atom is 0.213 e. The number of fused-ring (bicyclic) bond motifs is 6. The summed E-state index contributed by atoms with van der Waals surface area (Å²) in [5.41, 5.74) is 9.56. The van der Waals surface area contributed by atoms with Crippen LogP contribution in [0.3, 0.4) is 0 Å². The average molecular weight is 447 g/mol. The Balaban J connectivity index is 1.15. The Bertz CT molecular complexity index is 1530. The molecule has 0 saturated heterocycles. The molecule has 4 aromatic heterocycles. The highest BCUT2D eigenvalue weighted by molar-refractivity contribution is 6.03. The molecule has 0 aliphatic carbocycles. The van der Waals surface area contributed by atoms with Crippen molar-refractivity contribution < 1.29 is 9.47 Å². The quantitative estimate of drug-likeness (QED) is 0.371. The van der Waals surface area contributed by atoms with Gasteiger partial charge < -0.3 is 15.2 Å². The van der Waals surface area contributed by atoms with E-state index in [2.05, 4.69) is 19.9 Å². The topological polar surface area (TPSA) is 96.0 Å². The molecule has 0 saturated carbocycles. The number of ether oxygens (including phenoxy) is 2. The molecule has 0 unspecified atom stereocenters. The van der Waals surface area contributed by atoms with E-state index in [1.54, 1.807) is 12.4 Å². The minimum atomic E-state index is -0.355. The lowest BCUT2D eigenvalue weighted by Gasteiger charge is -2.14. The van der Waals surface area contributed by atoms with Gasteiger partial charge in [0.2, 0.25) is 11.8 Å². The van der Waals surface area contributed by atoms with Crippen molar-refractivity contribution in [3.8, 4) is 11.8 Å². The molecule has 6 aromatic rings. The molecule has 4 heterocycles. The molecule has 0 fully saturated rings. The first-order chi connectivity index (χ1) is 16.7. The largest absolute Gasteiger partial charge is 0.476 e. The van der Waals surface area contributed by atoms with Crippen LogP contribution in [0.15, 0.2) is 85.2 Å². The fraction of sp³-hybridized carbons (Fsp3) is 0.111. The molecule has 2 N–H and O–H groups in total. The Labute approximate surface area is 195 Å². The fourth-order valence-electron chi connectivity index (χ4n) is 4.01. The average Bonchev–Trinajstić information content (AvgIpc) is 2.90. The van der Waals surface area contributed by atoms with Crippen molar-refractivity contribution in [1.82, 2.24) is 19.9 Å². The number of hydrogen-bond donors (Lipinski definition) is 1. The molecule has 166 valence electrons. The summed E-state index contributed by atoms with van der Waals surface area (Å²) in [4.78, 5) is 18.3. The van der Waals surface area contributed by atoms with E-state index >= 15 is 0 Å². The smallest absolute Gasteiger partial charge is 0.213 e. The number of nitrogens with two attached hydrogens (primary N) is 1. The standard InChI is InChI=1S/C27H21N5O2/c28-21(15-33-22-11-9-19-7-5-17-3-1-13-29-24(17)26(19)31-22)16-34-23-12-10-20-8-6-18-4-2-14-30-25(18)27(20)32-23/h1-14,21H,15-16,28H2. The van der Waals surface area contributed by atoms with E-state index < -0.39 is 0 Å². The molecule has 34 heavy (non-hydrogen) atoms. The van der Waals surface area contributed by atoms with E-state index in [1.807, 2.05) is 72.8 Å². The van der Waals surface area contributed by atoms with E-state index in [0.29, 0.717) is 11.8 Å². The van der Waals surface area contributed by atoms with Crippen LogP contribution in [-0.2, 0) is 0 Å². The second-order valence-corrected chi connectivity index (χ2v) is 8.11. The van der Waals surface area contributed by atoms with Crippen molar-refractivity contribution in [2.45, 2.75) is 6.04 Å². The van der Waals surface area contributed by atoms with Crippen LogP contribution >= 0.6 is 0 Å². The second-order valence-electron chi connectivity index (χ2n) is 8.11. The van der Waals surface area contributed by atoms with Gasteiger partial charge in [-0.25, -0.2) is 9.97 Å². The van der Waals surface area contributed by atoms with E-state index in [1.165, 1.54) is 0 Å². The predicted octanol–water partition coefficient (Wildman–Crippen LogP) is 4.66. The number of hydrogen-bond acceptors (Lipinski definition) is 7. The van der Waals surface area contributed by atoms with Crippen LogP contribution in [0.2, 0.25) is 0 Å². The number of rotatable bonds is 6. The van der Waals surface area contributed by atoms with Gasteiger partial charge >= 0.3 is 0 Å². The molecule has 0 amide bonds. The highest BCUT2D eigenvalue weighted by Gasteiger charge is 2.10. The van der Waals surface area contributed by atoms with Crippen LogP contribution in [0.25, 0.3) is 43.6 Å². The van der Waals surface area contributed by atoms with Gasteiger partial charge in [0.1, 0.15) is 24.2 Å².